The van der Waals surface area contributed by atoms with Crippen molar-refractivity contribution >= 4 is 27.3 Å². The third-order valence-corrected chi connectivity index (χ3v) is 3.91. The van der Waals surface area contributed by atoms with Gasteiger partial charge in [-0.05, 0) is 49.7 Å². The molecule has 0 radical (unpaired) electrons. The molecule has 0 aromatic heterocycles. The van der Waals surface area contributed by atoms with Gasteiger partial charge < -0.3 is 10.6 Å². The minimum absolute atomic E-state index is 0.0253. The molecule has 2 N–H and O–H groups in total. The van der Waals surface area contributed by atoms with Crippen LogP contribution in [-0.2, 0) is 0 Å². The largest absolute Gasteiger partial charge is 0.342 e. The molecule has 20 heavy (non-hydrogen) atoms. The molecule has 0 spiro atoms. The van der Waals surface area contributed by atoms with Gasteiger partial charge in [-0.25, -0.2) is 4.39 Å². The van der Waals surface area contributed by atoms with Crippen molar-refractivity contribution in [2.45, 2.75) is 19.9 Å². The lowest BCUT2D eigenvalue weighted by Gasteiger charge is -2.24. The second kappa shape index (κ2) is 6.37. The Hall–Kier alpha value is -1.39. The quantitative estimate of drug-likeness (QED) is 0.871. The predicted molar refractivity (Wildman–Crippen MR) is 85.8 cm³/mol. The van der Waals surface area contributed by atoms with Crippen molar-refractivity contribution < 1.29 is 4.39 Å². The van der Waals surface area contributed by atoms with Gasteiger partial charge >= 0.3 is 0 Å². The van der Waals surface area contributed by atoms with Crippen molar-refractivity contribution in [1.29, 1.82) is 0 Å². The van der Waals surface area contributed by atoms with Crippen LogP contribution in [0.15, 0.2) is 46.9 Å². The molecule has 0 aliphatic rings. The fourth-order valence-electron chi connectivity index (χ4n) is 2.21. The molecule has 0 aliphatic carbocycles. The second-order valence-corrected chi connectivity index (χ2v) is 5.57. The first-order chi connectivity index (χ1) is 9.52. The molecule has 2 rings (SSSR count). The summed E-state index contributed by atoms with van der Waals surface area (Å²) in [5.41, 5.74) is 8.82. The van der Waals surface area contributed by atoms with E-state index in [4.69, 9.17) is 5.73 Å². The first-order valence-electron chi connectivity index (χ1n) is 6.61. The van der Waals surface area contributed by atoms with Crippen LogP contribution in [0.5, 0.6) is 0 Å². The van der Waals surface area contributed by atoms with Crippen LogP contribution >= 0.6 is 15.9 Å². The van der Waals surface area contributed by atoms with Crippen LogP contribution in [0.25, 0.3) is 0 Å². The maximum absolute atomic E-state index is 13.4. The lowest BCUT2D eigenvalue weighted by molar-refractivity contribution is 0.627. The van der Waals surface area contributed by atoms with E-state index in [1.807, 2.05) is 38.1 Å². The van der Waals surface area contributed by atoms with Crippen molar-refractivity contribution in [3.63, 3.8) is 0 Å². The molecule has 2 aromatic carbocycles. The first kappa shape index (κ1) is 15.0. The molecule has 106 valence electrons. The Labute approximate surface area is 127 Å². The summed E-state index contributed by atoms with van der Waals surface area (Å²) < 4.78 is 14.3. The number of benzene rings is 2. The summed E-state index contributed by atoms with van der Waals surface area (Å²) in [4.78, 5) is 2.05. The normalized spacial score (nSPS) is 12.2. The van der Waals surface area contributed by atoms with Crippen molar-refractivity contribution in [3.05, 3.63) is 58.3 Å². The highest BCUT2D eigenvalue weighted by Gasteiger charge is 2.11. The Morgan fingerprint density at radius 3 is 2.45 bits per heavy atom. The minimum Gasteiger partial charge on any atom is -0.342 e. The maximum Gasteiger partial charge on any atom is 0.125 e. The molecule has 4 heteroatoms. The monoisotopic (exact) mass is 336 g/mol. The molecule has 0 saturated carbocycles. The van der Waals surface area contributed by atoms with Gasteiger partial charge in [0.25, 0.3) is 0 Å². The van der Waals surface area contributed by atoms with Gasteiger partial charge in [0.2, 0.25) is 0 Å². The Kier molecular flexibility index (Phi) is 4.78. The molecule has 1 atom stereocenters. The Morgan fingerprint density at radius 2 is 1.90 bits per heavy atom. The van der Waals surface area contributed by atoms with Crippen LogP contribution in [0, 0.1) is 5.82 Å². The molecule has 0 amide bonds. The zero-order valence-electron chi connectivity index (χ0n) is 11.6. The minimum atomic E-state index is -0.229. The summed E-state index contributed by atoms with van der Waals surface area (Å²) in [5.74, 6) is -0.229. The number of hydrogen-bond acceptors (Lipinski definition) is 2. The van der Waals surface area contributed by atoms with Gasteiger partial charge in [-0.15, -0.1) is 0 Å². The summed E-state index contributed by atoms with van der Waals surface area (Å²) in [6.07, 6.45) is 0. The number of anilines is 2. The van der Waals surface area contributed by atoms with E-state index in [1.54, 1.807) is 6.07 Å². The molecule has 0 bridgehead atoms. The second-order valence-electron chi connectivity index (χ2n) is 4.72. The van der Waals surface area contributed by atoms with E-state index < -0.39 is 0 Å². The molecular weight excluding hydrogens is 319 g/mol. The van der Waals surface area contributed by atoms with Crippen molar-refractivity contribution in [2.75, 3.05) is 11.4 Å². The van der Waals surface area contributed by atoms with Crippen LogP contribution in [0.1, 0.15) is 25.5 Å². The van der Waals surface area contributed by atoms with E-state index in [9.17, 15) is 4.39 Å². The third kappa shape index (κ3) is 3.19. The molecule has 0 fully saturated rings. The molecule has 0 unspecified atom stereocenters. The average Bonchev–Trinajstić information content (AvgIpc) is 2.39. The zero-order valence-corrected chi connectivity index (χ0v) is 13.2. The summed E-state index contributed by atoms with van der Waals surface area (Å²) in [6, 6.07) is 12.6. The van der Waals surface area contributed by atoms with Crippen LogP contribution in [-0.4, -0.2) is 6.54 Å². The van der Waals surface area contributed by atoms with E-state index in [0.717, 1.165) is 28.0 Å². The van der Waals surface area contributed by atoms with E-state index in [0.29, 0.717) is 0 Å². The van der Waals surface area contributed by atoms with Crippen LogP contribution in [0.2, 0.25) is 0 Å². The van der Waals surface area contributed by atoms with E-state index in [2.05, 4.69) is 20.8 Å². The number of hydrogen-bond donors (Lipinski definition) is 1. The van der Waals surface area contributed by atoms with E-state index in [-0.39, 0.29) is 11.9 Å². The molecule has 0 heterocycles. The molecule has 0 aliphatic heterocycles. The highest BCUT2D eigenvalue weighted by atomic mass is 79.9. The topological polar surface area (TPSA) is 29.3 Å². The lowest BCUT2D eigenvalue weighted by Crippen LogP contribution is -2.16. The van der Waals surface area contributed by atoms with Gasteiger partial charge in [-0.3, -0.25) is 0 Å². The molecule has 0 saturated heterocycles. The van der Waals surface area contributed by atoms with Crippen molar-refractivity contribution in [3.8, 4) is 0 Å². The fourth-order valence-corrected chi connectivity index (χ4v) is 2.94. The Morgan fingerprint density at radius 1 is 1.20 bits per heavy atom. The standard InChI is InChI=1S/C16H18BrFN2/c1-3-20(13-6-4-5-12(18)9-13)14-7-8-15(11(2)19)16(17)10-14/h4-11H,3,19H2,1-2H3/t11-/m0/s1. The summed E-state index contributed by atoms with van der Waals surface area (Å²) in [6.45, 7) is 4.75. The highest BCUT2D eigenvalue weighted by molar-refractivity contribution is 9.10. The average molecular weight is 337 g/mol. The summed E-state index contributed by atoms with van der Waals surface area (Å²) in [7, 11) is 0. The number of halogens is 2. The number of rotatable bonds is 4. The zero-order chi connectivity index (χ0) is 14.7. The van der Waals surface area contributed by atoms with Gasteiger partial charge in [0.05, 0.1) is 0 Å². The van der Waals surface area contributed by atoms with E-state index >= 15 is 0 Å². The first-order valence-corrected chi connectivity index (χ1v) is 7.40. The van der Waals surface area contributed by atoms with Gasteiger partial charge in [-0.1, -0.05) is 28.1 Å². The number of nitrogens with two attached hydrogens (primary N) is 1. The van der Waals surface area contributed by atoms with Gasteiger partial charge in [0.1, 0.15) is 5.82 Å². The lowest BCUT2D eigenvalue weighted by atomic mass is 10.1. The van der Waals surface area contributed by atoms with E-state index in [1.165, 1.54) is 12.1 Å². The van der Waals surface area contributed by atoms with Crippen molar-refractivity contribution in [2.24, 2.45) is 5.73 Å². The van der Waals surface area contributed by atoms with Crippen LogP contribution < -0.4 is 10.6 Å². The summed E-state index contributed by atoms with van der Waals surface area (Å²) in [5, 5.41) is 0. The SMILES string of the molecule is CCN(c1cccc(F)c1)c1ccc([C@H](C)N)c(Br)c1. The maximum atomic E-state index is 13.4. The molecule has 2 nitrogen and oxygen atoms in total. The van der Waals surface area contributed by atoms with Crippen LogP contribution in [0.3, 0.4) is 0 Å². The highest BCUT2D eigenvalue weighted by Crippen LogP contribution is 2.31. The van der Waals surface area contributed by atoms with Crippen LogP contribution in [0.4, 0.5) is 15.8 Å². The third-order valence-electron chi connectivity index (χ3n) is 3.22. The molecule has 2 aromatic rings. The fraction of sp³-hybridized carbons (Fsp3) is 0.250. The van der Waals surface area contributed by atoms with Gasteiger partial charge in [0.15, 0.2) is 0 Å². The number of nitrogens with zero attached hydrogens (tertiary/aromatic N) is 1. The smallest absolute Gasteiger partial charge is 0.125 e. The molecular formula is C16H18BrFN2. The van der Waals surface area contributed by atoms with Gasteiger partial charge in [0, 0.05) is 28.4 Å². The Bertz CT molecular complexity index is 599. The summed E-state index contributed by atoms with van der Waals surface area (Å²) >= 11 is 3.55. The Balaban J connectivity index is 2.40. The predicted octanol–water partition coefficient (Wildman–Crippen LogP) is 4.77. The van der Waals surface area contributed by atoms with Gasteiger partial charge in [-0.2, -0.15) is 0 Å². The van der Waals surface area contributed by atoms with Crippen molar-refractivity contribution in [1.82, 2.24) is 0 Å².